The molecule has 1 aromatic carbocycles. The third-order valence-corrected chi connectivity index (χ3v) is 3.40. The maximum Gasteiger partial charge on any atom is 0.408 e. The van der Waals surface area contributed by atoms with Crippen LogP contribution < -0.4 is 5.32 Å². The maximum atomic E-state index is 13.9. The predicted octanol–water partition coefficient (Wildman–Crippen LogP) is 1.59. The van der Waals surface area contributed by atoms with Gasteiger partial charge in [0.05, 0.1) is 7.45 Å². The SMILES string of the molecule is [2H][C@]1(O)CC[C@@]2(COC(=O)N2)c2cccc(F)c21. The molecule has 5 heteroatoms. The Morgan fingerprint density at radius 1 is 1.65 bits per heavy atom. The number of carbonyl (C=O) groups excluding carboxylic acids is 1. The lowest BCUT2D eigenvalue weighted by atomic mass is 9.76. The average molecular weight is 238 g/mol. The van der Waals surface area contributed by atoms with E-state index in [0.717, 1.165) is 0 Å². The number of nitrogens with one attached hydrogen (secondary N) is 1. The Bertz CT molecular complexity index is 534. The van der Waals surface area contributed by atoms with Crippen LogP contribution in [0.4, 0.5) is 9.18 Å². The topological polar surface area (TPSA) is 58.6 Å². The number of ether oxygens (including phenoxy) is 1. The van der Waals surface area contributed by atoms with Crippen LogP contribution in [0.15, 0.2) is 18.2 Å². The molecule has 3 rings (SSSR count). The quantitative estimate of drug-likeness (QED) is 0.721. The molecule has 90 valence electrons. The van der Waals surface area contributed by atoms with E-state index in [1.807, 2.05) is 0 Å². The maximum absolute atomic E-state index is 13.9. The zero-order valence-corrected chi connectivity index (χ0v) is 9.00. The molecule has 1 heterocycles. The van der Waals surface area contributed by atoms with E-state index in [1.165, 1.54) is 12.1 Å². The number of hydrogen-bond acceptors (Lipinski definition) is 3. The smallest absolute Gasteiger partial charge is 0.408 e. The molecule has 2 atom stereocenters. The van der Waals surface area contributed by atoms with E-state index in [-0.39, 0.29) is 18.6 Å². The number of fused-ring (bicyclic) bond motifs is 2. The molecule has 4 nitrogen and oxygen atoms in total. The van der Waals surface area contributed by atoms with E-state index >= 15 is 0 Å². The average Bonchev–Trinajstić information content (AvgIpc) is 2.68. The number of halogens is 1. The molecule has 0 bridgehead atoms. The highest BCUT2D eigenvalue weighted by Gasteiger charge is 2.46. The van der Waals surface area contributed by atoms with E-state index in [0.29, 0.717) is 12.0 Å². The summed E-state index contributed by atoms with van der Waals surface area (Å²) in [5.41, 5.74) is -0.457. The summed E-state index contributed by atoms with van der Waals surface area (Å²) < 4.78 is 26.6. The van der Waals surface area contributed by atoms with Gasteiger partial charge >= 0.3 is 6.09 Å². The van der Waals surface area contributed by atoms with Crippen LogP contribution in [0.2, 0.25) is 0 Å². The van der Waals surface area contributed by atoms with Crippen molar-refractivity contribution in [2.24, 2.45) is 0 Å². The first-order valence-corrected chi connectivity index (χ1v) is 5.41. The molecule has 2 N–H and O–H groups in total. The summed E-state index contributed by atoms with van der Waals surface area (Å²) in [6.07, 6.45) is -2.13. The first-order chi connectivity index (χ1) is 8.45. The van der Waals surface area contributed by atoms with Crippen molar-refractivity contribution in [3.63, 3.8) is 0 Å². The zero-order valence-electron chi connectivity index (χ0n) is 10.00. The van der Waals surface area contributed by atoms with Crippen molar-refractivity contribution in [2.45, 2.75) is 24.5 Å². The molecule has 0 radical (unpaired) electrons. The monoisotopic (exact) mass is 238 g/mol. The molecule has 1 fully saturated rings. The molecule has 0 unspecified atom stereocenters. The Balaban J connectivity index is 2.20. The van der Waals surface area contributed by atoms with Gasteiger partial charge in [0.2, 0.25) is 0 Å². The van der Waals surface area contributed by atoms with Gasteiger partial charge in [0.15, 0.2) is 0 Å². The second-order valence-electron chi connectivity index (χ2n) is 4.39. The summed E-state index contributed by atoms with van der Waals surface area (Å²) in [6.45, 7) is 0.0956. The Morgan fingerprint density at radius 2 is 2.47 bits per heavy atom. The van der Waals surface area contributed by atoms with E-state index in [9.17, 15) is 14.3 Å². The number of aliphatic hydroxyl groups is 1. The minimum absolute atomic E-state index is 0.0462. The van der Waals surface area contributed by atoms with E-state index in [1.54, 1.807) is 6.07 Å². The fourth-order valence-electron chi connectivity index (χ4n) is 2.54. The highest BCUT2D eigenvalue weighted by molar-refractivity contribution is 5.71. The summed E-state index contributed by atoms with van der Waals surface area (Å²) in [6, 6.07) is 4.32. The number of alkyl carbamates (subject to hydrolysis) is 1. The van der Waals surface area contributed by atoms with Crippen molar-refractivity contribution in [1.29, 1.82) is 0 Å². The van der Waals surface area contributed by atoms with E-state index in [2.05, 4.69) is 5.32 Å². The van der Waals surface area contributed by atoms with Crippen LogP contribution in [0, 0.1) is 5.82 Å². The molecular weight excluding hydrogens is 225 g/mol. The van der Waals surface area contributed by atoms with Crippen LogP contribution in [-0.4, -0.2) is 17.8 Å². The number of hydrogen-bond donors (Lipinski definition) is 2. The first-order valence-electron chi connectivity index (χ1n) is 5.91. The fourth-order valence-corrected chi connectivity index (χ4v) is 2.54. The lowest BCUT2D eigenvalue weighted by molar-refractivity contribution is 0.116. The van der Waals surface area contributed by atoms with Gasteiger partial charge in [-0.3, -0.25) is 0 Å². The molecule has 1 aliphatic carbocycles. The second-order valence-corrected chi connectivity index (χ2v) is 4.39. The lowest BCUT2D eigenvalue weighted by Gasteiger charge is -2.35. The summed E-state index contributed by atoms with van der Waals surface area (Å²) in [5.74, 6) is -0.634. The highest BCUT2D eigenvalue weighted by Crippen LogP contribution is 2.43. The van der Waals surface area contributed by atoms with Gasteiger partial charge in [-0.25, -0.2) is 9.18 Å². The summed E-state index contributed by atoms with van der Waals surface area (Å²) in [4.78, 5) is 11.2. The molecule has 1 amide bonds. The highest BCUT2D eigenvalue weighted by atomic mass is 19.1. The minimum atomic E-state index is -1.96. The third-order valence-electron chi connectivity index (χ3n) is 3.40. The molecule has 0 saturated carbocycles. The van der Waals surface area contributed by atoms with Crippen molar-refractivity contribution in [3.8, 4) is 0 Å². The van der Waals surface area contributed by atoms with Crippen LogP contribution in [-0.2, 0) is 10.3 Å². The molecule has 2 aliphatic rings. The van der Waals surface area contributed by atoms with Crippen LogP contribution >= 0.6 is 0 Å². The van der Waals surface area contributed by atoms with Crippen molar-refractivity contribution < 1.29 is 20.4 Å². The van der Waals surface area contributed by atoms with Crippen molar-refractivity contribution >= 4 is 6.09 Å². The van der Waals surface area contributed by atoms with E-state index in [4.69, 9.17) is 6.11 Å². The number of carbonyl (C=O) groups is 1. The van der Waals surface area contributed by atoms with Gasteiger partial charge in [-0.05, 0) is 24.5 Å². The number of benzene rings is 1. The molecule has 1 aliphatic heterocycles. The van der Waals surface area contributed by atoms with E-state index < -0.39 is 23.5 Å². The number of rotatable bonds is 0. The predicted molar refractivity (Wildman–Crippen MR) is 56.8 cm³/mol. The largest absolute Gasteiger partial charge is 0.447 e. The second kappa shape index (κ2) is 3.43. The van der Waals surface area contributed by atoms with Gasteiger partial charge in [-0.2, -0.15) is 0 Å². The Hall–Kier alpha value is -1.62. The van der Waals surface area contributed by atoms with Crippen LogP contribution in [0.5, 0.6) is 0 Å². The van der Waals surface area contributed by atoms with Gasteiger partial charge in [0.25, 0.3) is 0 Å². The Morgan fingerprint density at radius 3 is 3.18 bits per heavy atom. The van der Waals surface area contributed by atoms with Gasteiger partial charge in [0.1, 0.15) is 18.0 Å². The Labute approximate surface area is 98.8 Å². The molecule has 1 saturated heterocycles. The van der Waals surface area contributed by atoms with Gasteiger partial charge < -0.3 is 15.2 Å². The number of amides is 1. The molecule has 1 aromatic rings. The third kappa shape index (κ3) is 1.42. The Kier molecular flexibility index (Phi) is 1.90. The van der Waals surface area contributed by atoms with Gasteiger partial charge in [0, 0.05) is 5.56 Å². The minimum Gasteiger partial charge on any atom is -0.447 e. The van der Waals surface area contributed by atoms with Crippen molar-refractivity contribution in [2.75, 3.05) is 6.61 Å². The normalized spacial score (nSPS) is 36.1. The van der Waals surface area contributed by atoms with Gasteiger partial charge in [-0.15, -0.1) is 0 Å². The molecule has 1 spiro atoms. The summed E-state index contributed by atoms with van der Waals surface area (Å²) in [5, 5.41) is 12.7. The zero-order chi connectivity index (χ0) is 13.0. The standard InChI is InChI=1S/C12H12FNO3/c13-8-3-1-2-7-10(8)9(15)4-5-12(7)6-17-11(16)14-12/h1-3,9,15H,4-6H2,(H,14,16)/t9-,12+/m0/s1/i9D. The summed E-state index contributed by atoms with van der Waals surface area (Å²) >= 11 is 0. The molecule has 0 aromatic heterocycles. The first kappa shape index (κ1) is 9.41. The summed E-state index contributed by atoms with van der Waals surface area (Å²) in [7, 11) is 0. The molecule has 17 heavy (non-hydrogen) atoms. The van der Waals surface area contributed by atoms with Crippen molar-refractivity contribution in [1.82, 2.24) is 5.32 Å². The van der Waals surface area contributed by atoms with Crippen LogP contribution in [0.1, 0.15) is 31.4 Å². The van der Waals surface area contributed by atoms with Crippen LogP contribution in [0.3, 0.4) is 0 Å². The van der Waals surface area contributed by atoms with Crippen molar-refractivity contribution in [3.05, 3.63) is 35.1 Å². The molecular formula is C12H12FNO3. The lowest BCUT2D eigenvalue weighted by Crippen LogP contribution is -2.44. The number of cyclic esters (lactones) is 1. The fraction of sp³-hybridized carbons (Fsp3) is 0.417. The van der Waals surface area contributed by atoms with Crippen LogP contribution in [0.25, 0.3) is 0 Å². The van der Waals surface area contributed by atoms with Gasteiger partial charge in [-0.1, -0.05) is 12.1 Å².